The Morgan fingerprint density at radius 2 is 2.08 bits per heavy atom. The minimum Gasteiger partial charge on any atom is -0.459 e. The molecule has 13 heavy (non-hydrogen) atoms. The van der Waals surface area contributed by atoms with Gasteiger partial charge in [0.15, 0.2) is 0 Å². The molecule has 0 amide bonds. The lowest BCUT2D eigenvalue weighted by Crippen LogP contribution is -2.28. The molecule has 0 bridgehead atoms. The van der Waals surface area contributed by atoms with Crippen molar-refractivity contribution in [3.63, 3.8) is 0 Å². The summed E-state index contributed by atoms with van der Waals surface area (Å²) < 4.78 is 5.18. The van der Waals surface area contributed by atoms with E-state index in [1.165, 1.54) is 0 Å². The summed E-state index contributed by atoms with van der Waals surface area (Å²) in [6.45, 7) is 7.51. The molecule has 0 aromatic rings. The number of carbonyl (C=O) groups is 1. The number of allylic oxidation sites excluding steroid dienone is 2. The Morgan fingerprint density at radius 3 is 2.46 bits per heavy atom. The fraction of sp³-hybridized carbons (Fsp3) is 0.700. The molecule has 0 spiro atoms. The lowest BCUT2D eigenvalue weighted by Gasteiger charge is -2.21. The van der Waals surface area contributed by atoms with Crippen molar-refractivity contribution >= 4 is 21.9 Å². The molecular formula is C10H17BrO2. The van der Waals surface area contributed by atoms with Crippen molar-refractivity contribution in [1.29, 1.82) is 0 Å². The average Bonchev–Trinajstić information content (AvgIpc) is 1.96. The average molecular weight is 249 g/mol. The van der Waals surface area contributed by atoms with E-state index in [2.05, 4.69) is 15.9 Å². The number of hydrogen-bond acceptors (Lipinski definition) is 2. The van der Waals surface area contributed by atoms with Gasteiger partial charge in [0.05, 0.1) is 0 Å². The van der Waals surface area contributed by atoms with Crippen LogP contribution in [0.3, 0.4) is 0 Å². The van der Waals surface area contributed by atoms with Crippen molar-refractivity contribution in [1.82, 2.24) is 0 Å². The van der Waals surface area contributed by atoms with Gasteiger partial charge in [-0.1, -0.05) is 28.1 Å². The molecule has 0 N–H and O–H groups in total. The van der Waals surface area contributed by atoms with Crippen LogP contribution in [0.15, 0.2) is 12.2 Å². The molecular weight excluding hydrogens is 232 g/mol. The molecule has 1 unspecified atom stereocenters. The molecule has 1 atom stereocenters. The zero-order valence-corrected chi connectivity index (χ0v) is 10.2. The van der Waals surface area contributed by atoms with Gasteiger partial charge in [-0.25, -0.2) is 0 Å². The van der Waals surface area contributed by atoms with Gasteiger partial charge in [0.2, 0.25) is 0 Å². The van der Waals surface area contributed by atoms with Gasteiger partial charge in [-0.05, 0) is 34.1 Å². The highest BCUT2D eigenvalue weighted by Gasteiger charge is 2.21. The van der Waals surface area contributed by atoms with Crippen molar-refractivity contribution in [3.05, 3.63) is 12.2 Å². The van der Waals surface area contributed by atoms with Gasteiger partial charge in [0.1, 0.15) is 10.4 Å². The lowest BCUT2D eigenvalue weighted by molar-refractivity contribution is -0.153. The molecule has 0 heterocycles. The van der Waals surface area contributed by atoms with Crippen LogP contribution >= 0.6 is 15.9 Å². The molecule has 0 rings (SSSR count). The maximum Gasteiger partial charge on any atom is 0.320 e. The number of halogens is 1. The maximum absolute atomic E-state index is 11.4. The minimum absolute atomic E-state index is 0.203. The van der Waals surface area contributed by atoms with Gasteiger partial charge >= 0.3 is 5.97 Å². The van der Waals surface area contributed by atoms with E-state index in [0.717, 1.165) is 0 Å². The highest BCUT2D eigenvalue weighted by molar-refractivity contribution is 9.10. The summed E-state index contributed by atoms with van der Waals surface area (Å²) >= 11 is 3.27. The highest BCUT2D eigenvalue weighted by atomic mass is 79.9. The molecule has 0 fully saturated rings. The van der Waals surface area contributed by atoms with E-state index >= 15 is 0 Å². The molecule has 0 radical (unpaired) electrons. The molecule has 0 aliphatic carbocycles. The van der Waals surface area contributed by atoms with Gasteiger partial charge in [0.25, 0.3) is 0 Å². The van der Waals surface area contributed by atoms with Crippen LogP contribution in [-0.4, -0.2) is 16.4 Å². The first-order valence-corrected chi connectivity index (χ1v) is 5.26. The van der Waals surface area contributed by atoms with E-state index in [9.17, 15) is 4.79 Å². The monoisotopic (exact) mass is 248 g/mol. The van der Waals surface area contributed by atoms with Crippen LogP contribution in [0, 0.1) is 0 Å². The van der Waals surface area contributed by atoms with Crippen LogP contribution in [0.25, 0.3) is 0 Å². The van der Waals surface area contributed by atoms with Crippen molar-refractivity contribution in [3.8, 4) is 0 Å². The fourth-order valence-corrected chi connectivity index (χ4v) is 1.03. The van der Waals surface area contributed by atoms with Crippen molar-refractivity contribution in [2.45, 2.75) is 44.5 Å². The first kappa shape index (κ1) is 12.7. The molecule has 0 saturated carbocycles. The second kappa shape index (κ2) is 5.43. The first-order valence-electron chi connectivity index (χ1n) is 4.35. The van der Waals surface area contributed by atoms with Crippen molar-refractivity contribution in [2.75, 3.05) is 0 Å². The summed E-state index contributed by atoms with van der Waals surface area (Å²) in [6, 6.07) is 0. The number of hydrogen-bond donors (Lipinski definition) is 0. The van der Waals surface area contributed by atoms with Crippen LogP contribution in [0.4, 0.5) is 0 Å². The Bertz CT molecular complexity index is 192. The first-order chi connectivity index (χ1) is 5.87. The normalized spacial score (nSPS) is 14.5. The van der Waals surface area contributed by atoms with E-state index in [-0.39, 0.29) is 10.8 Å². The van der Waals surface area contributed by atoms with E-state index in [1.54, 1.807) is 0 Å². The second-order valence-electron chi connectivity index (χ2n) is 3.81. The Labute approximate surface area is 88.5 Å². The zero-order valence-electron chi connectivity index (χ0n) is 8.63. The SMILES string of the molecule is C/C=C/CC(Br)C(=O)OC(C)(C)C. The molecule has 76 valence electrons. The van der Waals surface area contributed by atoms with Crippen LogP contribution < -0.4 is 0 Å². The third kappa shape index (κ3) is 6.82. The second-order valence-corrected chi connectivity index (χ2v) is 4.91. The maximum atomic E-state index is 11.4. The Morgan fingerprint density at radius 1 is 1.54 bits per heavy atom. The minimum atomic E-state index is -0.404. The van der Waals surface area contributed by atoms with Gasteiger partial charge in [-0.3, -0.25) is 4.79 Å². The fourth-order valence-electron chi connectivity index (χ4n) is 0.717. The molecule has 2 nitrogen and oxygen atoms in total. The summed E-state index contributed by atoms with van der Waals surface area (Å²) in [5.74, 6) is -0.203. The van der Waals surface area contributed by atoms with Gasteiger partial charge in [0, 0.05) is 0 Å². The van der Waals surface area contributed by atoms with Crippen LogP contribution in [0.5, 0.6) is 0 Å². The Balaban J connectivity index is 3.97. The highest BCUT2D eigenvalue weighted by Crippen LogP contribution is 2.14. The van der Waals surface area contributed by atoms with Crippen LogP contribution in [-0.2, 0) is 9.53 Å². The predicted octanol–water partition coefficient (Wildman–Crippen LogP) is 3.06. The quantitative estimate of drug-likeness (QED) is 0.436. The smallest absolute Gasteiger partial charge is 0.320 e. The van der Waals surface area contributed by atoms with Crippen LogP contribution in [0.2, 0.25) is 0 Å². The van der Waals surface area contributed by atoms with Gasteiger partial charge in [-0.2, -0.15) is 0 Å². The Hall–Kier alpha value is -0.310. The van der Waals surface area contributed by atoms with E-state index < -0.39 is 5.60 Å². The van der Waals surface area contributed by atoms with Crippen molar-refractivity contribution in [2.24, 2.45) is 0 Å². The standard InChI is InChI=1S/C10H17BrO2/c1-5-6-7-8(11)9(12)13-10(2,3)4/h5-6,8H,7H2,1-4H3/b6-5+. The molecule has 0 aliphatic heterocycles. The molecule has 0 aliphatic rings. The summed E-state index contributed by atoms with van der Waals surface area (Å²) in [5.41, 5.74) is -0.404. The number of esters is 1. The molecule has 3 heteroatoms. The van der Waals surface area contributed by atoms with E-state index in [0.29, 0.717) is 6.42 Å². The largest absolute Gasteiger partial charge is 0.459 e. The summed E-state index contributed by atoms with van der Waals surface area (Å²) in [6.07, 6.45) is 4.52. The Kier molecular flexibility index (Phi) is 5.30. The number of rotatable bonds is 3. The number of ether oxygens (including phenoxy) is 1. The third-order valence-corrected chi connectivity index (χ3v) is 1.99. The molecule has 0 saturated heterocycles. The molecule has 0 aromatic heterocycles. The van der Waals surface area contributed by atoms with Gasteiger partial charge < -0.3 is 4.74 Å². The van der Waals surface area contributed by atoms with Gasteiger partial charge in [-0.15, -0.1) is 0 Å². The van der Waals surface area contributed by atoms with Crippen molar-refractivity contribution < 1.29 is 9.53 Å². The topological polar surface area (TPSA) is 26.3 Å². The van der Waals surface area contributed by atoms with E-state index in [4.69, 9.17) is 4.74 Å². The summed E-state index contributed by atoms with van der Waals surface area (Å²) in [5, 5.41) is 0. The number of carbonyl (C=O) groups excluding carboxylic acids is 1. The summed E-state index contributed by atoms with van der Waals surface area (Å²) in [7, 11) is 0. The number of alkyl halides is 1. The zero-order chi connectivity index (χ0) is 10.5. The third-order valence-electron chi connectivity index (χ3n) is 1.24. The predicted molar refractivity (Wildman–Crippen MR) is 58.0 cm³/mol. The van der Waals surface area contributed by atoms with E-state index in [1.807, 2.05) is 39.8 Å². The lowest BCUT2D eigenvalue weighted by atomic mass is 10.2. The van der Waals surface area contributed by atoms with Crippen LogP contribution in [0.1, 0.15) is 34.1 Å². The summed E-state index contributed by atoms with van der Waals surface area (Å²) in [4.78, 5) is 11.1. The molecule has 0 aromatic carbocycles.